The number of nitrogens with one attached hydrogen (secondary N) is 1. The summed E-state index contributed by atoms with van der Waals surface area (Å²) in [6.07, 6.45) is -0.765. The van der Waals surface area contributed by atoms with Crippen molar-refractivity contribution in [2.45, 2.75) is 23.7 Å². The van der Waals surface area contributed by atoms with E-state index in [9.17, 15) is 22.3 Å². The Kier molecular flexibility index (Phi) is 7.49. The third-order valence-corrected chi connectivity index (χ3v) is 4.28. The largest absolute Gasteiger partial charge is 0.768 e. The highest BCUT2D eigenvalue weighted by molar-refractivity contribution is 7.79. The summed E-state index contributed by atoms with van der Waals surface area (Å²) in [6.45, 7) is -0.103. The van der Waals surface area contributed by atoms with Gasteiger partial charge in [0.2, 0.25) is 0 Å². The fourth-order valence-electron chi connectivity index (χ4n) is 1.98. The first-order chi connectivity index (χ1) is 10.7. The molecule has 0 bridgehead atoms. The van der Waals surface area contributed by atoms with E-state index in [1.54, 1.807) is 5.48 Å². The minimum atomic E-state index is -2.74. The fraction of sp³-hybridized carbons (Fsp3) is 0.462. The number of nitrogens with zero attached hydrogens (tertiary/aromatic N) is 1. The van der Waals surface area contributed by atoms with Gasteiger partial charge in [0.25, 0.3) is 11.8 Å². The second-order valence-electron chi connectivity index (χ2n) is 4.75. The van der Waals surface area contributed by atoms with Crippen LogP contribution in [0.5, 0.6) is 0 Å². The molecule has 1 fully saturated rings. The predicted molar refractivity (Wildman–Crippen MR) is 79.6 cm³/mol. The molecule has 0 radical (unpaired) electrons. The van der Waals surface area contributed by atoms with Gasteiger partial charge in [-0.1, -0.05) is 11.6 Å². The smallest absolute Gasteiger partial charge is 0.253 e. The lowest BCUT2D eigenvalue weighted by Crippen LogP contribution is -2.42. The number of benzene rings is 1. The van der Waals surface area contributed by atoms with Gasteiger partial charge < -0.3 is 14.7 Å². The summed E-state index contributed by atoms with van der Waals surface area (Å²) in [6, 6.07) is 3.84. The zero-order valence-corrected chi connectivity index (χ0v) is 13.8. The molecule has 1 amide bonds. The molecule has 1 saturated heterocycles. The number of piperidine rings is 1. The van der Waals surface area contributed by atoms with Crippen molar-refractivity contribution in [3.05, 3.63) is 28.8 Å². The van der Waals surface area contributed by atoms with Gasteiger partial charge >= 0.3 is 0 Å². The van der Waals surface area contributed by atoms with E-state index >= 15 is 0 Å². The fourth-order valence-corrected chi connectivity index (χ4v) is 2.74. The average Bonchev–Trinajstić information content (AvgIpc) is 2.47. The number of hydroxylamine groups is 1. The maximum atomic E-state index is 13.0. The maximum absolute atomic E-state index is 13.0. The topological polar surface area (TPSA) is 92.7 Å². The minimum absolute atomic E-state index is 0.0139. The first-order valence-electron chi connectivity index (χ1n) is 6.58. The molecule has 1 atom stereocenters. The van der Waals surface area contributed by atoms with Crippen LogP contribution in [0, 0.1) is 0 Å². The van der Waals surface area contributed by atoms with E-state index in [2.05, 4.69) is 0 Å². The number of amides is 1. The Balaban J connectivity index is 0.000000816. The normalized spacial score (nSPS) is 17.9. The zero-order chi connectivity index (χ0) is 17.6. The van der Waals surface area contributed by atoms with Gasteiger partial charge in [-0.05, 0) is 29.3 Å². The second-order valence-corrected chi connectivity index (χ2v) is 6.07. The highest BCUT2D eigenvalue weighted by Crippen LogP contribution is 2.29. The van der Waals surface area contributed by atoms with Crippen LogP contribution in [0.1, 0.15) is 23.2 Å². The van der Waals surface area contributed by atoms with Gasteiger partial charge in [0.05, 0.1) is 5.02 Å². The van der Waals surface area contributed by atoms with Crippen molar-refractivity contribution in [1.29, 1.82) is 0 Å². The third kappa shape index (κ3) is 5.78. The van der Waals surface area contributed by atoms with Crippen molar-refractivity contribution < 1.29 is 27.5 Å². The highest BCUT2D eigenvalue weighted by atomic mass is 35.5. The van der Waals surface area contributed by atoms with Crippen molar-refractivity contribution in [2.24, 2.45) is 0 Å². The van der Waals surface area contributed by atoms with Crippen LogP contribution in [-0.2, 0) is 11.1 Å². The molecule has 23 heavy (non-hydrogen) atoms. The Bertz CT molecular complexity index is 579. The van der Waals surface area contributed by atoms with Crippen LogP contribution < -0.4 is 5.48 Å². The number of hydrogen-bond donors (Lipinski definition) is 2. The summed E-state index contributed by atoms with van der Waals surface area (Å²) < 4.78 is 48.0. The lowest BCUT2D eigenvalue weighted by molar-refractivity contribution is -0.0494. The van der Waals surface area contributed by atoms with Crippen molar-refractivity contribution in [3.63, 3.8) is 0 Å². The molecule has 2 rings (SSSR count). The maximum Gasteiger partial charge on any atom is 0.253 e. The lowest BCUT2D eigenvalue weighted by atomic mass is 10.1. The van der Waals surface area contributed by atoms with Gasteiger partial charge in [-0.15, -0.1) is 0 Å². The summed E-state index contributed by atoms with van der Waals surface area (Å²) in [5.74, 6) is -3.21. The number of likely N-dealkylation sites (tertiary alicyclic amines) is 1. The van der Waals surface area contributed by atoms with Crippen molar-refractivity contribution in [1.82, 2.24) is 10.4 Å². The van der Waals surface area contributed by atoms with Crippen LogP contribution >= 0.6 is 11.6 Å². The molecule has 6 nitrogen and oxygen atoms in total. The lowest BCUT2D eigenvalue weighted by Gasteiger charge is -2.31. The molecule has 1 aromatic rings. The van der Waals surface area contributed by atoms with E-state index in [1.165, 1.54) is 24.1 Å². The summed E-state index contributed by atoms with van der Waals surface area (Å²) in [5, 5.41) is 7.33. The SMILES string of the molecule is CNO.O=C(c1ccc(Cl)c(S(=O)[O-])c1)N1CCC(F)(F)CC1. The van der Waals surface area contributed by atoms with Gasteiger partial charge in [-0.3, -0.25) is 9.00 Å². The number of rotatable bonds is 2. The van der Waals surface area contributed by atoms with Gasteiger partial charge in [0.15, 0.2) is 0 Å². The molecule has 2 N–H and O–H groups in total. The van der Waals surface area contributed by atoms with E-state index < -0.39 is 22.9 Å². The molecule has 10 heteroatoms. The van der Waals surface area contributed by atoms with Crippen LogP contribution in [0.15, 0.2) is 23.1 Å². The van der Waals surface area contributed by atoms with Gasteiger partial charge in [0.1, 0.15) is 0 Å². The number of alkyl halides is 2. The molecule has 1 aliphatic rings. The standard InChI is InChI=1S/C12H12ClF2NO3S.CH5NO/c13-9-2-1-8(7-10(9)20(18)19)11(17)16-5-3-12(14,15)4-6-16;1-2-3/h1-2,7H,3-6H2,(H,18,19);2-3H,1H3/p-1. The van der Waals surface area contributed by atoms with E-state index in [4.69, 9.17) is 16.8 Å². The van der Waals surface area contributed by atoms with E-state index in [0.29, 0.717) is 0 Å². The van der Waals surface area contributed by atoms with Crippen LogP contribution in [0.25, 0.3) is 0 Å². The van der Waals surface area contributed by atoms with Gasteiger partial charge in [0, 0.05) is 43.4 Å². The highest BCUT2D eigenvalue weighted by Gasteiger charge is 2.35. The van der Waals surface area contributed by atoms with E-state index in [1.807, 2.05) is 0 Å². The Labute approximate surface area is 139 Å². The molecule has 1 heterocycles. The molecule has 0 saturated carbocycles. The van der Waals surface area contributed by atoms with Crippen LogP contribution in [0.2, 0.25) is 5.02 Å². The molecule has 1 aliphatic heterocycles. The summed E-state index contributed by atoms with van der Waals surface area (Å²) >= 11 is 3.14. The van der Waals surface area contributed by atoms with Crippen LogP contribution in [0.3, 0.4) is 0 Å². The summed E-state index contributed by atoms with van der Waals surface area (Å²) in [7, 11) is 1.43. The Morgan fingerprint density at radius 1 is 1.43 bits per heavy atom. The second kappa shape index (κ2) is 8.65. The van der Waals surface area contributed by atoms with Crippen LogP contribution in [-0.4, -0.2) is 50.8 Å². The van der Waals surface area contributed by atoms with Crippen molar-refractivity contribution in [2.75, 3.05) is 20.1 Å². The van der Waals surface area contributed by atoms with Crippen LogP contribution in [0.4, 0.5) is 8.78 Å². The van der Waals surface area contributed by atoms with Gasteiger partial charge in [-0.2, -0.15) is 0 Å². The van der Waals surface area contributed by atoms with Gasteiger partial charge in [-0.25, -0.2) is 14.3 Å². The number of hydrogen-bond acceptors (Lipinski definition) is 5. The number of carbonyl (C=O) groups is 1. The summed E-state index contributed by atoms with van der Waals surface area (Å²) in [4.78, 5) is 13.2. The first kappa shape index (κ1) is 19.9. The molecular weight excluding hydrogens is 354 g/mol. The Morgan fingerprint density at radius 3 is 2.43 bits per heavy atom. The van der Waals surface area contributed by atoms with E-state index in [-0.39, 0.29) is 41.4 Å². The molecular formula is C13H16ClF2N2O4S-. The monoisotopic (exact) mass is 369 g/mol. The zero-order valence-electron chi connectivity index (χ0n) is 12.2. The van der Waals surface area contributed by atoms with Crippen molar-refractivity contribution in [3.8, 4) is 0 Å². The molecule has 130 valence electrons. The molecule has 0 spiro atoms. The quantitative estimate of drug-likeness (QED) is 0.614. The first-order valence-corrected chi connectivity index (χ1v) is 8.04. The average molecular weight is 370 g/mol. The van der Waals surface area contributed by atoms with E-state index in [0.717, 1.165) is 6.07 Å². The molecule has 1 unspecified atom stereocenters. The predicted octanol–water partition coefficient (Wildman–Crippen LogP) is 2.04. The molecule has 1 aromatic carbocycles. The molecule has 0 aliphatic carbocycles. The Morgan fingerprint density at radius 2 is 1.96 bits per heavy atom. The molecule has 0 aromatic heterocycles. The third-order valence-electron chi connectivity index (χ3n) is 3.14. The van der Waals surface area contributed by atoms with Crippen molar-refractivity contribution >= 4 is 28.6 Å². The number of carbonyl (C=O) groups excluding carboxylic acids is 1. The summed E-state index contributed by atoms with van der Waals surface area (Å²) in [5.41, 5.74) is 1.87. The Hall–Kier alpha value is -1.13. The minimum Gasteiger partial charge on any atom is -0.768 e. The number of halogens is 3.